The van der Waals surface area contributed by atoms with Crippen molar-refractivity contribution in [3.63, 3.8) is 0 Å². The Morgan fingerprint density at radius 3 is 3.00 bits per heavy atom. The lowest BCUT2D eigenvalue weighted by Crippen LogP contribution is -2.52. The molecule has 2 atom stereocenters. The first-order valence-electron chi connectivity index (χ1n) is 7.69. The van der Waals surface area contributed by atoms with E-state index in [-0.39, 0.29) is 5.60 Å². The van der Waals surface area contributed by atoms with Crippen molar-refractivity contribution >= 4 is 27.7 Å². The summed E-state index contributed by atoms with van der Waals surface area (Å²) in [5.74, 6) is 7.47. The third-order valence-electron chi connectivity index (χ3n) is 4.80. The molecule has 1 spiro atoms. The van der Waals surface area contributed by atoms with Gasteiger partial charge in [0.05, 0.1) is 5.60 Å². The molecule has 21 heavy (non-hydrogen) atoms. The van der Waals surface area contributed by atoms with Crippen molar-refractivity contribution in [1.82, 2.24) is 5.43 Å². The van der Waals surface area contributed by atoms with Gasteiger partial charge in [-0.1, -0.05) is 22.0 Å². The number of thioether (sulfide) groups is 1. The predicted molar refractivity (Wildman–Crippen MR) is 91.2 cm³/mol. The molecule has 1 saturated heterocycles. The van der Waals surface area contributed by atoms with Gasteiger partial charge in [-0.25, -0.2) is 0 Å². The number of nitrogens with two attached hydrogens (primary N) is 1. The minimum atomic E-state index is 0.193. The van der Waals surface area contributed by atoms with Crippen molar-refractivity contribution in [2.45, 2.75) is 48.6 Å². The van der Waals surface area contributed by atoms with Crippen LogP contribution in [0.5, 0.6) is 0 Å². The van der Waals surface area contributed by atoms with Crippen molar-refractivity contribution < 1.29 is 4.74 Å². The first kappa shape index (κ1) is 15.8. The standard InChI is InChI=1S/C16H23BrN2OS/c17-13-3-1-4-14(9-13)21-11-15(19-18)12-5-8-20-16(10-12)6-2-7-16/h1,3-4,9,12,15,19H,2,5-8,10-11,18H2. The second kappa shape index (κ2) is 7.01. The van der Waals surface area contributed by atoms with Gasteiger partial charge in [-0.3, -0.25) is 11.3 Å². The molecule has 116 valence electrons. The maximum atomic E-state index is 6.02. The molecule has 1 aliphatic carbocycles. The molecule has 2 aliphatic rings. The third kappa shape index (κ3) is 3.82. The van der Waals surface area contributed by atoms with Gasteiger partial charge >= 0.3 is 0 Å². The Balaban J connectivity index is 1.57. The van der Waals surface area contributed by atoms with E-state index in [0.717, 1.165) is 23.3 Å². The van der Waals surface area contributed by atoms with Crippen LogP contribution in [-0.2, 0) is 4.74 Å². The summed E-state index contributed by atoms with van der Waals surface area (Å²) >= 11 is 5.40. The first-order valence-corrected chi connectivity index (χ1v) is 9.47. The lowest BCUT2D eigenvalue weighted by Gasteiger charge is -2.48. The number of halogens is 1. The Hall–Kier alpha value is -0.0700. The summed E-state index contributed by atoms with van der Waals surface area (Å²) in [6.45, 7) is 0.893. The summed E-state index contributed by atoms with van der Waals surface area (Å²) in [7, 11) is 0. The molecule has 1 aliphatic heterocycles. The van der Waals surface area contributed by atoms with Gasteiger partial charge in [0.2, 0.25) is 0 Å². The van der Waals surface area contributed by atoms with Crippen LogP contribution in [0.1, 0.15) is 32.1 Å². The molecule has 1 heterocycles. The Morgan fingerprint density at radius 1 is 1.48 bits per heavy atom. The predicted octanol–water partition coefficient (Wildman–Crippen LogP) is 3.72. The maximum Gasteiger partial charge on any atom is 0.0685 e. The van der Waals surface area contributed by atoms with Gasteiger partial charge in [0.25, 0.3) is 0 Å². The van der Waals surface area contributed by atoms with Crippen molar-refractivity contribution in [2.75, 3.05) is 12.4 Å². The topological polar surface area (TPSA) is 47.3 Å². The van der Waals surface area contributed by atoms with Crippen molar-refractivity contribution in [2.24, 2.45) is 11.8 Å². The zero-order chi connectivity index (χ0) is 14.7. The zero-order valence-corrected chi connectivity index (χ0v) is 14.6. The Bertz CT molecular complexity index is 481. The first-order chi connectivity index (χ1) is 10.2. The number of nitrogens with one attached hydrogen (secondary N) is 1. The minimum Gasteiger partial charge on any atom is -0.375 e. The lowest BCUT2D eigenvalue weighted by atomic mass is 9.70. The summed E-state index contributed by atoms with van der Waals surface area (Å²) in [4.78, 5) is 1.29. The van der Waals surface area contributed by atoms with Crippen molar-refractivity contribution in [3.8, 4) is 0 Å². The van der Waals surface area contributed by atoms with E-state index in [4.69, 9.17) is 10.6 Å². The van der Waals surface area contributed by atoms with E-state index in [1.54, 1.807) is 0 Å². The van der Waals surface area contributed by atoms with Crippen LogP contribution in [-0.4, -0.2) is 24.0 Å². The number of hydrazine groups is 1. The maximum absolute atomic E-state index is 6.02. The van der Waals surface area contributed by atoms with E-state index in [9.17, 15) is 0 Å². The molecule has 5 heteroatoms. The van der Waals surface area contributed by atoms with Crippen molar-refractivity contribution in [3.05, 3.63) is 28.7 Å². The highest BCUT2D eigenvalue weighted by molar-refractivity contribution is 9.10. The molecule has 1 aromatic rings. The molecule has 0 amide bonds. The molecule has 0 radical (unpaired) electrons. The smallest absolute Gasteiger partial charge is 0.0685 e. The molecule has 1 aromatic carbocycles. The number of benzene rings is 1. The second-order valence-electron chi connectivity index (χ2n) is 6.18. The van der Waals surface area contributed by atoms with E-state index < -0.39 is 0 Å². The fourth-order valence-electron chi connectivity index (χ4n) is 3.39. The molecule has 1 saturated carbocycles. The third-order valence-corrected chi connectivity index (χ3v) is 6.41. The van der Waals surface area contributed by atoms with Gasteiger partial charge in [0.15, 0.2) is 0 Å². The molecule has 3 rings (SSSR count). The SMILES string of the molecule is NNC(CSc1cccc(Br)c1)C1CCOC2(CCC2)C1. The fourth-order valence-corrected chi connectivity index (χ4v) is 5.07. The molecular weight excluding hydrogens is 348 g/mol. The normalized spacial score (nSPS) is 25.5. The second-order valence-corrected chi connectivity index (χ2v) is 8.19. The van der Waals surface area contributed by atoms with E-state index in [1.807, 2.05) is 11.8 Å². The van der Waals surface area contributed by atoms with Gasteiger partial charge in [0.1, 0.15) is 0 Å². The van der Waals surface area contributed by atoms with E-state index in [0.29, 0.717) is 12.0 Å². The highest BCUT2D eigenvalue weighted by atomic mass is 79.9. The van der Waals surface area contributed by atoms with Crippen LogP contribution in [0.15, 0.2) is 33.6 Å². The average molecular weight is 371 g/mol. The van der Waals surface area contributed by atoms with Crippen LogP contribution in [0.4, 0.5) is 0 Å². The van der Waals surface area contributed by atoms with Crippen molar-refractivity contribution in [1.29, 1.82) is 0 Å². The molecular formula is C16H23BrN2OS. The number of ether oxygens (including phenoxy) is 1. The van der Waals surface area contributed by atoms with Gasteiger partial charge < -0.3 is 4.74 Å². The summed E-state index contributed by atoms with van der Waals surface area (Å²) in [5.41, 5.74) is 3.25. The molecule has 0 bridgehead atoms. The largest absolute Gasteiger partial charge is 0.375 e. The van der Waals surface area contributed by atoms with Gasteiger partial charge in [0, 0.05) is 27.8 Å². The Morgan fingerprint density at radius 2 is 2.33 bits per heavy atom. The van der Waals surface area contributed by atoms with E-state index >= 15 is 0 Å². The Labute approximate surface area is 139 Å². The summed E-state index contributed by atoms with van der Waals surface area (Å²) in [6.07, 6.45) is 6.08. The van der Waals surface area contributed by atoms with E-state index in [1.165, 1.54) is 30.6 Å². The highest BCUT2D eigenvalue weighted by Gasteiger charge is 2.44. The minimum absolute atomic E-state index is 0.193. The Kier molecular flexibility index (Phi) is 5.27. The van der Waals surface area contributed by atoms with Crippen LogP contribution in [0.2, 0.25) is 0 Å². The molecule has 2 fully saturated rings. The van der Waals surface area contributed by atoms with Crippen LogP contribution < -0.4 is 11.3 Å². The van der Waals surface area contributed by atoms with Crippen LogP contribution in [0.3, 0.4) is 0 Å². The van der Waals surface area contributed by atoms with E-state index in [2.05, 4.69) is 45.6 Å². The average Bonchev–Trinajstić information content (AvgIpc) is 2.47. The summed E-state index contributed by atoms with van der Waals surface area (Å²) in [6, 6.07) is 8.81. The fraction of sp³-hybridized carbons (Fsp3) is 0.625. The molecule has 3 nitrogen and oxygen atoms in total. The highest BCUT2D eigenvalue weighted by Crippen LogP contribution is 2.45. The molecule has 3 N–H and O–H groups in total. The number of hydrogen-bond acceptors (Lipinski definition) is 4. The van der Waals surface area contributed by atoms with Gasteiger partial charge in [-0.15, -0.1) is 11.8 Å². The van der Waals surface area contributed by atoms with Crippen LogP contribution in [0.25, 0.3) is 0 Å². The zero-order valence-electron chi connectivity index (χ0n) is 12.2. The monoisotopic (exact) mass is 370 g/mol. The number of hydrogen-bond donors (Lipinski definition) is 2. The van der Waals surface area contributed by atoms with Gasteiger partial charge in [-0.05, 0) is 56.2 Å². The summed E-state index contributed by atoms with van der Waals surface area (Å²) in [5, 5.41) is 0. The summed E-state index contributed by atoms with van der Waals surface area (Å²) < 4.78 is 7.15. The van der Waals surface area contributed by atoms with Crippen LogP contribution >= 0.6 is 27.7 Å². The van der Waals surface area contributed by atoms with Gasteiger partial charge in [-0.2, -0.15) is 0 Å². The van der Waals surface area contributed by atoms with Crippen LogP contribution in [0, 0.1) is 5.92 Å². The number of rotatable bonds is 5. The molecule has 2 unspecified atom stereocenters. The quantitative estimate of drug-likeness (QED) is 0.471. The lowest BCUT2D eigenvalue weighted by molar-refractivity contribution is -0.146. The molecule has 0 aromatic heterocycles.